The van der Waals surface area contributed by atoms with Gasteiger partial charge in [-0.3, -0.25) is 0 Å². The van der Waals surface area contributed by atoms with Gasteiger partial charge in [0.15, 0.2) is 0 Å². The van der Waals surface area contributed by atoms with E-state index in [0.717, 1.165) is 12.1 Å². The Bertz CT molecular complexity index is 351. The number of likely N-dealkylation sites (N-methyl/N-ethyl adjacent to an activating group) is 1. The second kappa shape index (κ2) is 6.61. The van der Waals surface area contributed by atoms with Gasteiger partial charge in [-0.2, -0.15) is 0 Å². The molecule has 1 aromatic rings. The molecule has 1 atom stereocenters. The minimum absolute atomic E-state index is 0.0427. The molecule has 0 bridgehead atoms. The van der Waals surface area contributed by atoms with Gasteiger partial charge in [0.05, 0.1) is 12.7 Å². The zero-order valence-electron chi connectivity index (χ0n) is 10.3. The molecule has 1 N–H and O–H groups in total. The average molecular weight is 263 g/mol. The number of alkyl halides is 3. The molecule has 0 aliphatic rings. The van der Waals surface area contributed by atoms with E-state index >= 15 is 0 Å². The lowest BCUT2D eigenvalue weighted by Gasteiger charge is -2.13. The fourth-order valence-electron chi connectivity index (χ4n) is 1.37. The predicted molar refractivity (Wildman–Crippen MR) is 61.3 cm³/mol. The van der Waals surface area contributed by atoms with Crippen LogP contribution in [0.4, 0.5) is 13.2 Å². The number of rotatable bonds is 6. The van der Waals surface area contributed by atoms with Crippen LogP contribution < -0.4 is 10.1 Å². The van der Waals surface area contributed by atoms with Gasteiger partial charge in [0.2, 0.25) is 0 Å². The van der Waals surface area contributed by atoms with Crippen LogP contribution in [0.25, 0.3) is 0 Å². The van der Waals surface area contributed by atoms with Crippen molar-refractivity contribution in [1.29, 1.82) is 0 Å². The van der Waals surface area contributed by atoms with E-state index in [-0.39, 0.29) is 11.9 Å². The molecule has 0 saturated carbocycles. The third-order valence-corrected chi connectivity index (χ3v) is 2.18. The minimum Gasteiger partial charge on any atom is -0.406 e. The van der Waals surface area contributed by atoms with Crippen molar-refractivity contribution in [2.24, 2.45) is 0 Å². The molecule has 1 unspecified atom stereocenters. The van der Waals surface area contributed by atoms with E-state index in [1.807, 2.05) is 14.0 Å². The maximum atomic E-state index is 11.9. The van der Waals surface area contributed by atoms with Gasteiger partial charge >= 0.3 is 6.36 Å². The van der Waals surface area contributed by atoms with Crippen LogP contribution in [0.15, 0.2) is 24.3 Å². The maximum Gasteiger partial charge on any atom is 0.573 e. The molecule has 6 heteroatoms. The normalized spacial score (nSPS) is 13.4. The van der Waals surface area contributed by atoms with Crippen molar-refractivity contribution in [3.05, 3.63) is 29.8 Å². The van der Waals surface area contributed by atoms with Crippen molar-refractivity contribution >= 4 is 0 Å². The summed E-state index contributed by atoms with van der Waals surface area (Å²) >= 11 is 0. The van der Waals surface area contributed by atoms with Crippen LogP contribution >= 0.6 is 0 Å². The van der Waals surface area contributed by atoms with E-state index in [0.29, 0.717) is 6.61 Å². The Morgan fingerprint density at radius 2 is 1.83 bits per heavy atom. The number of benzene rings is 1. The quantitative estimate of drug-likeness (QED) is 0.856. The summed E-state index contributed by atoms with van der Waals surface area (Å²) in [4.78, 5) is 0. The second-order valence-electron chi connectivity index (χ2n) is 3.87. The molecule has 0 amide bonds. The van der Waals surface area contributed by atoms with Crippen molar-refractivity contribution in [3.8, 4) is 5.75 Å². The van der Waals surface area contributed by atoms with E-state index < -0.39 is 6.36 Å². The van der Waals surface area contributed by atoms with Gasteiger partial charge in [0, 0.05) is 6.54 Å². The van der Waals surface area contributed by atoms with Gasteiger partial charge in [0.1, 0.15) is 5.75 Å². The Hall–Kier alpha value is -1.27. The standard InChI is InChI=1S/C12H16F3NO2/c1-9(7-16-2)17-8-10-3-5-11(6-4-10)18-12(13,14)15/h3-6,9,16H,7-8H2,1-2H3. The highest BCUT2D eigenvalue weighted by atomic mass is 19.4. The van der Waals surface area contributed by atoms with Gasteiger partial charge < -0.3 is 14.8 Å². The summed E-state index contributed by atoms with van der Waals surface area (Å²) < 4.78 is 45.0. The summed E-state index contributed by atoms with van der Waals surface area (Å²) in [5, 5.41) is 2.97. The molecular weight excluding hydrogens is 247 g/mol. The molecule has 102 valence electrons. The summed E-state index contributed by atoms with van der Waals surface area (Å²) in [7, 11) is 1.82. The van der Waals surface area contributed by atoms with Gasteiger partial charge in [-0.25, -0.2) is 0 Å². The number of nitrogens with one attached hydrogen (secondary N) is 1. The van der Waals surface area contributed by atoms with Crippen LogP contribution in [0.2, 0.25) is 0 Å². The van der Waals surface area contributed by atoms with Crippen LogP contribution in [0.1, 0.15) is 12.5 Å². The van der Waals surface area contributed by atoms with E-state index in [4.69, 9.17) is 4.74 Å². The number of hydrogen-bond donors (Lipinski definition) is 1. The van der Waals surface area contributed by atoms with Crippen molar-refractivity contribution in [1.82, 2.24) is 5.32 Å². The van der Waals surface area contributed by atoms with E-state index in [1.54, 1.807) is 12.1 Å². The summed E-state index contributed by atoms with van der Waals surface area (Å²) in [6.45, 7) is 2.99. The molecule has 0 aliphatic heterocycles. The predicted octanol–water partition coefficient (Wildman–Crippen LogP) is 2.71. The first-order valence-electron chi connectivity index (χ1n) is 5.51. The molecular formula is C12H16F3NO2. The third kappa shape index (κ3) is 5.88. The van der Waals surface area contributed by atoms with Gasteiger partial charge in [-0.15, -0.1) is 13.2 Å². The Morgan fingerprint density at radius 1 is 1.22 bits per heavy atom. The molecule has 1 aromatic carbocycles. The second-order valence-corrected chi connectivity index (χ2v) is 3.87. The summed E-state index contributed by atoms with van der Waals surface area (Å²) in [5.74, 6) is -0.227. The van der Waals surface area contributed by atoms with Gasteiger partial charge in [-0.05, 0) is 31.7 Å². The first-order valence-corrected chi connectivity index (χ1v) is 5.51. The summed E-state index contributed by atoms with van der Waals surface area (Å²) in [5.41, 5.74) is 0.799. The monoisotopic (exact) mass is 263 g/mol. The van der Waals surface area contributed by atoms with Crippen molar-refractivity contribution in [3.63, 3.8) is 0 Å². The van der Waals surface area contributed by atoms with Crippen LogP contribution in [-0.2, 0) is 11.3 Å². The lowest BCUT2D eigenvalue weighted by Crippen LogP contribution is -2.23. The van der Waals surface area contributed by atoms with Crippen molar-refractivity contribution < 1.29 is 22.6 Å². The zero-order chi connectivity index (χ0) is 13.6. The molecule has 0 saturated heterocycles. The smallest absolute Gasteiger partial charge is 0.406 e. The van der Waals surface area contributed by atoms with E-state index in [2.05, 4.69) is 10.1 Å². The fraction of sp³-hybridized carbons (Fsp3) is 0.500. The number of ether oxygens (including phenoxy) is 2. The minimum atomic E-state index is -4.65. The Balaban J connectivity index is 2.45. The fourth-order valence-corrected chi connectivity index (χ4v) is 1.37. The lowest BCUT2D eigenvalue weighted by atomic mass is 10.2. The highest BCUT2D eigenvalue weighted by Crippen LogP contribution is 2.22. The summed E-state index contributed by atoms with van der Waals surface area (Å²) in [6.07, 6.45) is -4.61. The van der Waals surface area contributed by atoms with Gasteiger partial charge in [-0.1, -0.05) is 12.1 Å². The topological polar surface area (TPSA) is 30.5 Å². The van der Waals surface area contributed by atoms with Crippen LogP contribution in [0.5, 0.6) is 5.75 Å². The molecule has 0 aromatic heterocycles. The molecule has 0 spiro atoms. The maximum absolute atomic E-state index is 11.9. The van der Waals surface area contributed by atoms with Crippen LogP contribution in [0, 0.1) is 0 Å². The average Bonchev–Trinajstić information content (AvgIpc) is 2.26. The number of hydrogen-bond acceptors (Lipinski definition) is 3. The lowest BCUT2D eigenvalue weighted by molar-refractivity contribution is -0.274. The molecule has 1 rings (SSSR count). The van der Waals surface area contributed by atoms with Crippen molar-refractivity contribution in [2.45, 2.75) is 26.0 Å². The molecule has 0 aliphatic carbocycles. The highest BCUT2D eigenvalue weighted by molar-refractivity contribution is 5.27. The highest BCUT2D eigenvalue weighted by Gasteiger charge is 2.30. The Kier molecular flexibility index (Phi) is 5.43. The zero-order valence-corrected chi connectivity index (χ0v) is 10.3. The van der Waals surface area contributed by atoms with Crippen LogP contribution in [-0.4, -0.2) is 26.1 Å². The number of halogens is 3. The first kappa shape index (κ1) is 14.8. The van der Waals surface area contributed by atoms with E-state index in [9.17, 15) is 13.2 Å². The largest absolute Gasteiger partial charge is 0.573 e. The Labute approximate surface area is 104 Å². The molecule has 0 heterocycles. The van der Waals surface area contributed by atoms with E-state index in [1.165, 1.54) is 12.1 Å². The molecule has 3 nitrogen and oxygen atoms in total. The molecule has 0 radical (unpaired) electrons. The first-order chi connectivity index (χ1) is 8.40. The third-order valence-electron chi connectivity index (χ3n) is 2.18. The molecule has 0 fully saturated rings. The summed E-state index contributed by atoms with van der Waals surface area (Å²) in [6, 6.07) is 5.64. The Morgan fingerprint density at radius 3 is 2.33 bits per heavy atom. The molecule has 18 heavy (non-hydrogen) atoms. The van der Waals surface area contributed by atoms with Gasteiger partial charge in [0.25, 0.3) is 0 Å². The SMILES string of the molecule is CNCC(C)OCc1ccc(OC(F)(F)F)cc1. The van der Waals surface area contributed by atoms with Crippen LogP contribution in [0.3, 0.4) is 0 Å². The van der Waals surface area contributed by atoms with Crippen molar-refractivity contribution in [2.75, 3.05) is 13.6 Å².